The number of fused-ring (bicyclic) bond motifs is 1. The Kier molecular flexibility index (Phi) is 4.22. The molecule has 1 aromatic heterocycles. The molecule has 114 valence electrons. The number of thioether (sulfide) groups is 1. The van der Waals surface area contributed by atoms with E-state index >= 15 is 0 Å². The summed E-state index contributed by atoms with van der Waals surface area (Å²) >= 11 is 7.32. The Morgan fingerprint density at radius 3 is 2.91 bits per heavy atom. The van der Waals surface area contributed by atoms with Gasteiger partial charge in [0.2, 0.25) is 5.91 Å². The number of hydrogen-bond acceptors (Lipinski definition) is 4. The van der Waals surface area contributed by atoms with Crippen molar-refractivity contribution in [2.75, 3.05) is 11.1 Å². The minimum absolute atomic E-state index is 0.0701. The van der Waals surface area contributed by atoms with Gasteiger partial charge in [0, 0.05) is 34.6 Å². The van der Waals surface area contributed by atoms with Gasteiger partial charge in [-0.3, -0.25) is 14.2 Å². The molecule has 1 amide bonds. The summed E-state index contributed by atoms with van der Waals surface area (Å²) in [6.07, 6.45) is 1.82. The number of hydrogen-bond donors (Lipinski definition) is 1. The SMILES string of the molecule is Cc1cnc2n(c1=O)C(CC(=O)Nc1ccc(Cl)cc1)CS2. The second-order valence-corrected chi connectivity index (χ2v) is 6.55. The van der Waals surface area contributed by atoms with E-state index in [9.17, 15) is 9.59 Å². The monoisotopic (exact) mass is 335 g/mol. The molecule has 1 aliphatic rings. The number of nitrogens with one attached hydrogen (secondary N) is 1. The van der Waals surface area contributed by atoms with Crippen LogP contribution in [0.2, 0.25) is 5.02 Å². The molecule has 22 heavy (non-hydrogen) atoms. The first-order chi connectivity index (χ1) is 10.5. The number of rotatable bonds is 3. The third-order valence-electron chi connectivity index (χ3n) is 3.45. The van der Waals surface area contributed by atoms with E-state index in [-0.39, 0.29) is 23.9 Å². The molecule has 0 bridgehead atoms. The van der Waals surface area contributed by atoms with Crippen molar-refractivity contribution < 1.29 is 4.79 Å². The van der Waals surface area contributed by atoms with Crippen LogP contribution in [0, 0.1) is 6.92 Å². The van der Waals surface area contributed by atoms with Gasteiger partial charge in [0.15, 0.2) is 5.16 Å². The molecule has 0 spiro atoms. The van der Waals surface area contributed by atoms with E-state index in [2.05, 4.69) is 10.3 Å². The van der Waals surface area contributed by atoms with Crippen molar-refractivity contribution in [1.29, 1.82) is 0 Å². The van der Waals surface area contributed by atoms with Crippen LogP contribution in [-0.2, 0) is 4.79 Å². The van der Waals surface area contributed by atoms with E-state index in [1.807, 2.05) is 0 Å². The number of nitrogens with zero attached hydrogens (tertiary/aromatic N) is 2. The quantitative estimate of drug-likeness (QED) is 0.876. The van der Waals surface area contributed by atoms with Crippen molar-refractivity contribution in [2.24, 2.45) is 0 Å². The second-order valence-electron chi connectivity index (χ2n) is 5.12. The van der Waals surface area contributed by atoms with Crippen molar-refractivity contribution in [3.8, 4) is 0 Å². The van der Waals surface area contributed by atoms with E-state index in [4.69, 9.17) is 11.6 Å². The van der Waals surface area contributed by atoms with Crippen LogP contribution < -0.4 is 10.9 Å². The van der Waals surface area contributed by atoms with Crippen LogP contribution in [0.5, 0.6) is 0 Å². The summed E-state index contributed by atoms with van der Waals surface area (Å²) in [5, 5.41) is 4.12. The summed E-state index contributed by atoms with van der Waals surface area (Å²) in [6, 6.07) is 6.77. The van der Waals surface area contributed by atoms with E-state index < -0.39 is 0 Å². The number of aromatic nitrogens is 2. The van der Waals surface area contributed by atoms with Gasteiger partial charge in [0.05, 0.1) is 6.04 Å². The van der Waals surface area contributed by atoms with Gasteiger partial charge in [-0.15, -0.1) is 0 Å². The molecule has 0 saturated heterocycles. The first kappa shape index (κ1) is 15.1. The average Bonchev–Trinajstić information content (AvgIpc) is 2.89. The zero-order chi connectivity index (χ0) is 15.7. The lowest BCUT2D eigenvalue weighted by molar-refractivity contribution is -0.116. The van der Waals surface area contributed by atoms with Crippen LogP contribution in [0.1, 0.15) is 18.0 Å². The number of anilines is 1. The van der Waals surface area contributed by atoms with Crippen LogP contribution in [-0.4, -0.2) is 21.2 Å². The van der Waals surface area contributed by atoms with E-state index in [1.54, 1.807) is 42.0 Å². The van der Waals surface area contributed by atoms with Gasteiger partial charge in [0.25, 0.3) is 5.56 Å². The molecule has 7 heteroatoms. The normalized spacial score (nSPS) is 16.4. The Balaban J connectivity index is 1.73. The fourth-order valence-electron chi connectivity index (χ4n) is 2.33. The maximum absolute atomic E-state index is 12.2. The third-order valence-corrected chi connectivity index (χ3v) is 4.81. The van der Waals surface area contributed by atoms with Crippen LogP contribution in [0.25, 0.3) is 0 Å². The number of carbonyl (C=O) groups is 1. The fourth-order valence-corrected chi connectivity index (χ4v) is 3.56. The van der Waals surface area contributed by atoms with Crippen LogP contribution in [0.4, 0.5) is 5.69 Å². The van der Waals surface area contributed by atoms with Crippen LogP contribution in [0.15, 0.2) is 40.4 Å². The Morgan fingerprint density at radius 2 is 2.18 bits per heavy atom. The molecule has 1 atom stereocenters. The lowest BCUT2D eigenvalue weighted by Gasteiger charge is -2.13. The van der Waals surface area contributed by atoms with Crippen molar-refractivity contribution in [3.63, 3.8) is 0 Å². The highest BCUT2D eigenvalue weighted by Crippen LogP contribution is 2.32. The topological polar surface area (TPSA) is 64.0 Å². The highest BCUT2D eigenvalue weighted by Gasteiger charge is 2.27. The molecule has 1 unspecified atom stereocenters. The number of halogens is 1. The first-order valence-corrected chi connectivity index (χ1v) is 8.17. The predicted molar refractivity (Wildman–Crippen MR) is 87.7 cm³/mol. The molecule has 5 nitrogen and oxygen atoms in total. The highest BCUT2D eigenvalue weighted by atomic mass is 35.5. The summed E-state index contributed by atoms with van der Waals surface area (Å²) in [7, 11) is 0. The fraction of sp³-hybridized carbons (Fsp3) is 0.267. The molecule has 1 aliphatic heterocycles. The second kappa shape index (κ2) is 6.14. The molecule has 0 aliphatic carbocycles. The Morgan fingerprint density at radius 1 is 1.45 bits per heavy atom. The van der Waals surface area contributed by atoms with Crippen molar-refractivity contribution >= 4 is 35.0 Å². The molecule has 2 heterocycles. The van der Waals surface area contributed by atoms with Crippen molar-refractivity contribution in [1.82, 2.24) is 9.55 Å². The summed E-state index contributed by atoms with van der Waals surface area (Å²) in [6.45, 7) is 1.73. The molecule has 0 fully saturated rings. The van der Waals surface area contributed by atoms with Gasteiger partial charge in [-0.05, 0) is 31.2 Å². The largest absolute Gasteiger partial charge is 0.326 e. The first-order valence-electron chi connectivity index (χ1n) is 6.81. The number of amides is 1. The van der Waals surface area contributed by atoms with Gasteiger partial charge in [-0.2, -0.15) is 0 Å². The van der Waals surface area contributed by atoms with Gasteiger partial charge in [-0.1, -0.05) is 23.4 Å². The molecule has 1 aromatic carbocycles. The number of aryl methyl sites for hydroxylation is 1. The molecule has 3 rings (SSSR count). The van der Waals surface area contributed by atoms with Gasteiger partial charge < -0.3 is 5.32 Å². The van der Waals surface area contributed by atoms with E-state index in [0.29, 0.717) is 27.2 Å². The number of benzene rings is 1. The van der Waals surface area contributed by atoms with Crippen LogP contribution >= 0.6 is 23.4 Å². The van der Waals surface area contributed by atoms with Gasteiger partial charge in [-0.25, -0.2) is 4.98 Å². The third kappa shape index (κ3) is 3.03. The maximum Gasteiger partial charge on any atom is 0.257 e. The average molecular weight is 336 g/mol. The molecular formula is C15H14ClN3O2S. The van der Waals surface area contributed by atoms with Gasteiger partial charge in [0.1, 0.15) is 0 Å². The Labute approximate surface area is 136 Å². The summed E-state index contributed by atoms with van der Waals surface area (Å²) < 4.78 is 1.63. The standard InChI is InChI=1S/C15H14ClN3O2S/c1-9-7-17-15-19(14(9)21)12(8-22-15)6-13(20)18-11-4-2-10(16)3-5-11/h2-5,7,12H,6,8H2,1H3,(H,18,20). The highest BCUT2D eigenvalue weighted by molar-refractivity contribution is 7.99. The molecule has 0 saturated carbocycles. The maximum atomic E-state index is 12.2. The lowest BCUT2D eigenvalue weighted by Crippen LogP contribution is -2.28. The number of carbonyl (C=O) groups excluding carboxylic acids is 1. The predicted octanol–water partition coefficient (Wildman–Crippen LogP) is 2.88. The van der Waals surface area contributed by atoms with Crippen molar-refractivity contribution in [3.05, 3.63) is 51.4 Å². The lowest BCUT2D eigenvalue weighted by atomic mass is 10.2. The van der Waals surface area contributed by atoms with E-state index in [0.717, 1.165) is 0 Å². The van der Waals surface area contributed by atoms with E-state index in [1.165, 1.54) is 11.8 Å². The Bertz CT molecular complexity index is 773. The molecule has 0 radical (unpaired) electrons. The Hall–Kier alpha value is -1.79. The minimum Gasteiger partial charge on any atom is -0.326 e. The summed E-state index contributed by atoms with van der Waals surface area (Å²) in [5.41, 5.74) is 1.21. The van der Waals surface area contributed by atoms with Gasteiger partial charge >= 0.3 is 0 Å². The zero-order valence-corrected chi connectivity index (χ0v) is 13.4. The summed E-state index contributed by atoms with van der Waals surface area (Å²) in [5.74, 6) is 0.550. The molecular weight excluding hydrogens is 322 g/mol. The van der Waals surface area contributed by atoms with Crippen LogP contribution in [0.3, 0.4) is 0 Å². The minimum atomic E-state index is -0.160. The molecule has 2 aromatic rings. The molecule has 1 N–H and O–H groups in total. The zero-order valence-electron chi connectivity index (χ0n) is 11.9. The summed E-state index contributed by atoms with van der Waals surface area (Å²) in [4.78, 5) is 28.6. The smallest absolute Gasteiger partial charge is 0.257 e. The van der Waals surface area contributed by atoms with Crippen molar-refractivity contribution in [2.45, 2.75) is 24.5 Å².